The first-order valence-electron chi connectivity index (χ1n) is 6.47. The van der Waals surface area contributed by atoms with E-state index in [0.717, 1.165) is 18.0 Å². The van der Waals surface area contributed by atoms with Gasteiger partial charge in [-0.1, -0.05) is 32.0 Å². The maximum Gasteiger partial charge on any atom is 0.221 e. The molecule has 1 aromatic rings. The van der Waals surface area contributed by atoms with Crippen molar-refractivity contribution in [1.82, 2.24) is 0 Å². The lowest BCUT2D eigenvalue weighted by molar-refractivity contribution is -0.114. The highest BCUT2D eigenvalue weighted by Gasteiger charge is 2.23. The average Bonchev–Trinajstić information content (AvgIpc) is 3.03. The smallest absolute Gasteiger partial charge is 0.221 e. The van der Waals surface area contributed by atoms with E-state index < -0.39 is 0 Å². The van der Waals surface area contributed by atoms with Crippen molar-refractivity contribution >= 4 is 11.6 Å². The van der Waals surface area contributed by atoms with Gasteiger partial charge in [-0.2, -0.15) is 0 Å². The van der Waals surface area contributed by atoms with Crippen LogP contribution in [-0.4, -0.2) is 5.91 Å². The Morgan fingerprint density at radius 2 is 2.12 bits per heavy atom. The number of anilines is 1. The summed E-state index contributed by atoms with van der Waals surface area (Å²) < 4.78 is 0. The third kappa shape index (κ3) is 3.09. The summed E-state index contributed by atoms with van der Waals surface area (Å²) in [7, 11) is 0. The van der Waals surface area contributed by atoms with Crippen LogP contribution < -0.4 is 5.32 Å². The molecule has 0 bridgehead atoms. The highest BCUT2D eigenvalue weighted by atomic mass is 16.1. The summed E-state index contributed by atoms with van der Waals surface area (Å²) >= 11 is 0. The molecule has 92 valence electrons. The van der Waals surface area contributed by atoms with E-state index in [4.69, 9.17) is 0 Å². The van der Waals surface area contributed by atoms with E-state index in [1.807, 2.05) is 0 Å². The SMILES string of the molecule is CC(=O)Nc1c(CC2CC2)cccc1C(C)C. The Morgan fingerprint density at radius 1 is 1.41 bits per heavy atom. The fourth-order valence-corrected chi connectivity index (χ4v) is 2.23. The van der Waals surface area contributed by atoms with Gasteiger partial charge in [0.15, 0.2) is 0 Å². The number of para-hydroxylation sites is 1. The van der Waals surface area contributed by atoms with Gasteiger partial charge in [-0.25, -0.2) is 0 Å². The molecule has 0 atom stereocenters. The molecule has 1 amide bonds. The molecule has 0 radical (unpaired) electrons. The number of nitrogens with one attached hydrogen (secondary N) is 1. The maximum absolute atomic E-state index is 11.3. The molecule has 2 nitrogen and oxygen atoms in total. The van der Waals surface area contributed by atoms with Crippen LogP contribution in [0.1, 0.15) is 50.7 Å². The topological polar surface area (TPSA) is 29.1 Å². The standard InChI is InChI=1S/C15H21NO/c1-10(2)14-6-4-5-13(9-12-7-8-12)15(14)16-11(3)17/h4-6,10,12H,7-9H2,1-3H3,(H,16,17). The molecule has 1 fully saturated rings. The lowest BCUT2D eigenvalue weighted by Gasteiger charge is -2.17. The predicted molar refractivity (Wildman–Crippen MR) is 71.3 cm³/mol. The van der Waals surface area contributed by atoms with Crippen LogP contribution in [0.3, 0.4) is 0 Å². The van der Waals surface area contributed by atoms with Crippen LogP contribution >= 0.6 is 0 Å². The summed E-state index contributed by atoms with van der Waals surface area (Å²) in [6.07, 6.45) is 3.78. The molecule has 0 heterocycles. The Bertz CT molecular complexity index is 419. The molecular weight excluding hydrogens is 210 g/mol. The number of rotatable bonds is 4. The zero-order chi connectivity index (χ0) is 12.4. The first-order valence-corrected chi connectivity index (χ1v) is 6.47. The zero-order valence-electron chi connectivity index (χ0n) is 10.9. The van der Waals surface area contributed by atoms with Crippen molar-refractivity contribution in [3.05, 3.63) is 29.3 Å². The summed E-state index contributed by atoms with van der Waals surface area (Å²) in [5, 5.41) is 3.02. The molecule has 0 unspecified atom stereocenters. The molecule has 17 heavy (non-hydrogen) atoms. The van der Waals surface area contributed by atoms with Crippen molar-refractivity contribution in [2.45, 2.75) is 46.0 Å². The predicted octanol–water partition coefficient (Wildman–Crippen LogP) is 3.72. The highest BCUT2D eigenvalue weighted by molar-refractivity contribution is 5.90. The molecule has 1 N–H and O–H groups in total. The van der Waals surface area contributed by atoms with E-state index in [1.165, 1.54) is 24.0 Å². The largest absolute Gasteiger partial charge is 0.326 e. The van der Waals surface area contributed by atoms with Crippen LogP contribution in [0.2, 0.25) is 0 Å². The van der Waals surface area contributed by atoms with Crippen LogP contribution in [0.25, 0.3) is 0 Å². The average molecular weight is 231 g/mol. The highest BCUT2D eigenvalue weighted by Crippen LogP contribution is 2.36. The van der Waals surface area contributed by atoms with Crippen molar-refractivity contribution in [3.63, 3.8) is 0 Å². The van der Waals surface area contributed by atoms with Crippen LogP contribution in [-0.2, 0) is 11.2 Å². The van der Waals surface area contributed by atoms with Gasteiger partial charge in [-0.3, -0.25) is 4.79 Å². The lowest BCUT2D eigenvalue weighted by atomic mass is 9.95. The minimum Gasteiger partial charge on any atom is -0.326 e. The second kappa shape index (κ2) is 4.91. The summed E-state index contributed by atoms with van der Waals surface area (Å²) in [5.74, 6) is 1.30. The number of amides is 1. The molecule has 0 aromatic heterocycles. The van der Waals surface area contributed by atoms with Crippen molar-refractivity contribution in [2.75, 3.05) is 5.32 Å². The first kappa shape index (κ1) is 12.2. The Morgan fingerprint density at radius 3 is 2.65 bits per heavy atom. The molecule has 1 aliphatic carbocycles. The van der Waals surface area contributed by atoms with Crippen LogP contribution in [0, 0.1) is 5.92 Å². The van der Waals surface area contributed by atoms with Gasteiger partial charge in [0, 0.05) is 12.6 Å². The molecule has 1 aliphatic rings. The molecule has 0 aliphatic heterocycles. The summed E-state index contributed by atoms with van der Waals surface area (Å²) in [6, 6.07) is 6.38. The number of carbonyl (C=O) groups is 1. The van der Waals surface area contributed by atoms with E-state index in [9.17, 15) is 4.79 Å². The van der Waals surface area contributed by atoms with E-state index in [2.05, 4.69) is 37.4 Å². The van der Waals surface area contributed by atoms with Crippen LogP contribution in [0.4, 0.5) is 5.69 Å². The monoisotopic (exact) mass is 231 g/mol. The van der Waals surface area contributed by atoms with Gasteiger partial charge >= 0.3 is 0 Å². The Labute approximate surface area is 103 Å². The molecule has 1 saturated carbocycles. The fraction of sp³-hybridized carbons (Fsp3) is 0.533. The summed E-state index contributed by atoms with van der Waals surface area (Å²) in [5.41, 5.74) is 3.61. The van der Waals surface area contributed by atoms with Crippen molar-refractivity contribution in [1.29, 1.82) is 0 Å². The van der Waals surface area contributed by atoms with Crippen LogP contribution in [0.15, 0.2) is 18.2 Å². The quantitative estimate of drug-likeness (QED) is 0.840. The van der Waals surface area contributed by atoms with E-state index in [0.29, 0.717) is 5.92 Å². The van der Waals surface area contributed by atoms with Crippen molar-refractivity contribution < 1.29 is 4.79 Å². The number of carbonyl (C=O) groups excluding carboxylic acids is 1. The van der Waals surface area contributed by atoms with Gasteiger partial charge in [-0.15, -0.1) is 0 Å². The number of hydrogen-bond donors (Lipinski definition) is 1. The zero-order valence-corrected chi connectivity index (χ0v) is 10.9. The molecular formula is C15H21NO. The van der Waals surface area contributed by atoms with E-state index in [-0.39, 0.29) is 5.91 Å². The Hall–Kier alpha value is -1.31. The van der Waals surface area contributed by atoms with Crippen molar-refractivity contribution in [3.8, 4) is 0 Å². The Balaban J connectivity index is 2.33. The summed E-state index contributed by atoms with van der Waals surface area (Å²) in [6.45, 7) is 5.92. The van der Waals surface area contributed by atoms with Gasteiger partial charge in [0.25, 0.3) is 0 Å². The lowest BCUT2D eigenvalue weighted by Crippen LogP contribution is -2.11. The number of benzene rings is 1. The van der Waals surface area contributed by atoms with Gasteiger partial charge in [-0.05, 0) is 42.2 Å². The molecule has 0 spiro atoms. The maximum atomic E-state index is 11.3. The molecule has 1 aromatic carbocycles. The van der Waals surface area contributed by atoms with E-state index in [1.54, 1.807) is 6.92 Å². The van der Waals surface area contributed by atoms with Gasteiger partial charge in [0.05, 0.1) is 0 Å². The fourth-order valence-electron chi connectivity index (χ4n) is 2.23. The van der Waals surface area contributed by atoms with E-state index >= 15 is 0 Å². The normalized spacial score (nSPS) is 15.1. The Kier molecular flexibility index (Phi) is 3.51. The number of hydrogen-bond acceptors (Lipinski definition) is 1. The first-order chi connectivity index (χ1) is 8.08. The molecule has 2 heteroatoms. The second-order valence-corrected chi connectivity index (χ2v) is 5.36. The second-order valence-electron chi connectivity index (χ2n) is 5.36. The van der Waals surface area contributed by atoms with Gasteiger partial charge in [0.1, 0.15) is 0 Å². The van der Waals surface area contributed by atoms with Gasteiger partial charge in [0.2, 0.25) is 5.91 Å². The third-order valence-electron chi connectivity index (χ3n) is 3.31. The minimum atomic E-state index is 0.0233. The summed E-state index contributed by atoms with van der Waals surface area (Å²) in [4.78, 5) is 11.3. The molecule has 0 saturated heterocycles. The molecule has 2 rings (SSSR count). The van der Waals surface area contributed by atoms with Gasteiger partial charge < -0.3 is 5.32 Å². The third-order valence-corrected chi connectivity index (χ3v) is 3.31. The van der Waals surface area contributed by atoms with Crippen LogP contribution in [0.5, 0.6) is 0 Å². The van der Waals surface area contributed by atoms with Crippen molar-refractivity contribution in [2.24, 2.45) is 5.92 Å². The minimum absolute atomic E-state index is 0.0233.